The summed E-state index contributed by atoms with van der Waals surface area (Å²) in [4.78, 5) is 27.1. The number of amides is 2. The molecule has 3 rings (SSSR count). The van der Waals surface area contributed by atoms with Crippen molar-refractivity contribution >= 4 is 11.8 Å². The van der Waals surface area contributed by atoms with E-state index in [1.54, 1.807) is 41.0 Å². The number of nitrogens with zero attached hydrogens (tertiary/aromatic N) is 3. The van der Waals surface area contributed by atoms with Gasteiger partial charge in [-0.25, -0.2) is 4.39 Å². The van der Waals surface area contributed by atoms with Gasteiger partial charge in [-0.15, -0.1) is 0 Å². The van der Waals surface area contributed by atoms with Crippen molar-refractivity contribution in [2.45, 2.75) is 52.2 Å². The molecule has 3 N–H and O–H groups in total. The van der Waals surface area contributed by atoms with Gasteiger partial charge >= 0.3 is 0 Å². The number of aryl methyl sites for hydroxylation is 1. The van der Waals surface area contributed by atoms with Crippen LogP contribution in [0.2, 0.25) is 0 Å². The van der Waals surface area contributed by atoms with Crippen LogP contribution in [0.25, 0.3) is 11.3 Å². The molecule has 1 aliphatic heterocycles. The molecule has 1 aliphatic rings. The standard InChI is InChI=1S/C22H30FN5O2/c1-22(2,3)19(24)21(30)28-11-5-6-18(28)20(29)25-13-14-7-8-15(16(23)12-14)17-9-10-26-27(17)4/h7-10,12,18-19H,5-6,11,13,24H2,1-4H3,(H,25,29). The van der Waals surface area contributed by atoms with Gasteiger partial charge in [0, 0.05) is 31.9 Å². The Bertz CT molecular complexity index is 934. The summed E-state index contributed by atoms with van der Waals surface area (Å²) in [6.45, 7) is 6.43. The van der Waals surface area contributed by atoms with Crippen molar-refractivity contribution in [1.29, 1.82) is 0 Å². The summed E-state index contributed by atoms with van der Waals surface area (Å²) < 4.78 is 16.2. The first-order chi connectivity index (χ1) is 14.1. The Labute approximate surface area is 176 Å². The van der Waals surface area contributed by atoms with Crippen molar-refractivity contribution in [1.82, 2.24) is 20.0 Å². The number of carbonyl (C=O) groups is 2. The fraction of sp³-hybridized carbons (Fsp3) is 0.500. The third-order valence-corrected chi connectivity index (χ3v) is 5.63. The lowest BCUT2D eigenvalue weighted by Crippen LogP contribution is -2.54. The minimum atomic E-state index is -0.667. The van der Waals surface area contributed by atoms with Gasteiger partial charge in [0.05, 0.1) is 11.7 Å². The van der Waals surface area contributed by atoms with Gasteiger partial charge < -0.3 is 16.0 Å². The maximum atomic E-state index is 14.6. The Morgan fingerprint density at radius 2 is 2.07 bits per heavy atom. The average molecular weight is 416 g/mol. The zero-order valence-corrected chi connectivity index (χ0v) is 18.0. The van der Waals surface area contributed by atoms with Gasteiger partial charge in [0.1, 0.15) is 11.9 Å². The Balaban J connectivity index is 1.64. The first-order valence-electron chi connectivity index (χ1n) is 10.2. The molecule has 0 saturated carbocycles. The Morgan fingerprint density at radius 3 is 2.67 bits per heavy atom. The lowest BCUT2D eigenvalue weighted by atomic mass is 9.86. The summed E-state index contributed by atoms with van der Waals surface area (Å²) in [5.41, 5.74) is 7.51. The SMILES string of the molecule is Cn1nccc1-c1ccc(CNC(=O)C2CCCN2C(=O)C(N)C(C)(C)C)cc1F. The molecule has 1 aromatic carbocycles. The summed E-state index contributed by atoms with van der Waals surface area (Å²) in [6.07, 6.45) is 2.97. The second-order valence-electron chi connectivity index (χ2n) is 8.91. The molecule has 1 fully saturated rings. The van der Waals surface area contributed by atoms with Crippen LogP contribution >= 0.6 is 0 Å². The molecular formula is C22H30FN5O2. The van der Waals surface area contributed by atoms with Crippen LogP contribution in [0, 0.1) is 11.2 Å². The molecule has 1 aromatic heterocycles. The molecule has 0 bridgehead atoms. The molecule has 30 heavy (non-hydrogen) atoms. The number of halogens is 1. The maximum absolute atomic E-state index is 14.6. The molecule has 1 saturated heterocycles. The van der Waals surface area contributed by atoms with Crippen molar-refractivity contribution in [3.8, 4) is 11.3 Å². The molecule has 2 unspecified atom stereocenters. The van der Waals surface area contributed by atoms with Gasteiger partial charge in [-0.2, -0.15) is 5.10 Å². The molecule has 0 spiro atoms. The normalized spacial score (nSPS) is 17.8. The van der Waals surface area contributed by atoms with Crippen molar-refractivity contribution < 1.29 is 14.0 Å². The van der Waals surface area contributed by atoms with E-state index >= 15 is 0 Å². The molecule has 8 heteroatoms. The monoisotopic (exact) mass is 415 g/mol. The first kappa shape index (κ1) is 22.0. The minimum absolute atomic E-state index is 0.186. The number of aromatic nitrogens is 2. The summed E-state index contributed by atoms with van der Waals surface area (Å²) in [5.74, 6) is -0.816. The van der Waals surface area contributed by atoms with Crippen LogP contribution in [0.1, 0.15) is 39.2 Å². The zero-order chi connectivity index (χ0) is 22.1. The lowest BCUT2D eigenvalue weighted by molar-refractivity contribution is -0.141. The molecule has 2 aromatic rings. The average Bonchev–Trinajstić information content (AvgIpc) is 3.33. The minimum Gasteiger partial charge on any atom is -0.350 e. The number of nitrogens with one attached hydrogen (secondary N) is 1. The van der Waals surface area contributed by atoms with Gasteiger partial charge in [0.25, 0.3) is 0 Å². The number of hydrogen-bond acceptors (Lipinski definition) is 4. The van der Waals surface area contributed by atoms with E-state index < -0.39 is 12.1 Å². The van der Waals surface area contributed by atoms with Crippen LogP contribution in [0.4, 0.5) is 4.39 Å². The zero-order valence-electron chi connectivity index (χ0n) is 18.0. The predicted octanol–water partition coefficient (Wildman–Crippen LogP) is 2.21. The van der Waals surface area contributed by atoms with Crippen LogP contribution in [-0.2, 0) is 23.2 Å². The molecule has 7 nitrogen and oxygen atoms in total. The quantitative estimate of drug-likeness (QED) is 0.783. The van der Waals surface area contributed by atoms with Crippen molar-refractivity contribution in [3.63, 3.8) is 0 Å². The van der Waals surface area contributed by atoms with Gasteiger partial charge in [0.15, 0.2) is 0 Å². The van der Waals surface area contributed by atoms with E-state index in [0.717, 1.165) is 6.42 Å². The highest BCUT2D eigenvalue weighted by Crippen LogP contribution is 2.25. The van der Waals surface area contributed by atoms with Gasteiger partial charge in [-0.05, 0) is 42.0 Å². The first-order valence-corrected chi connectivity index (χ1v) is 10.2. The Morgan fingerprint density at radius 1 is 1.33 bits per heavy atom. The van der Waals surface area contributed by atoms with E-state index in [0.29, 0.717) is 29.8 Å². The lowest BCUT2D eigenvalue weighted by Gasteiger charge is -2.32. The molecular weight excluding hydrogens is 385 g/mol. The van der Waals surface area contributed by atoms with Crippen LogP contribution < -0.4 is 11.1 Å². The fourth-order valence-electron chi connectivity index (χ4n) is 3.67. The van der Waals surface area contributed by atoms with Crippen LogP contribution in [0.3, 0.4) is 0 Å². The van der Waals surface area contributed by atoms with E-state index in [2.05, 4.69) is 10.4 Å². The summed E-state index contributed by atoms with van der Waals surface area (Å²) in [7, 11) is 1.75. The molecule has 162 valence electrons. The highest BCUT2D eigenvalue weighted by atomic mass is 19.1. The second kappa shape index (κ2) is 8.55. The van der Waals surface area contributed by atoms with E-state index in [4.69, 9.17) is 5.73 Å². The van der Waals surface area contributed by atoms with E-state index in [1.165, 1.54) is 6.07 Å². The molecule has 2 heterocycles. The number of nitrogens with two attached hydrogens (primary N) is 1. The Hall–Kier alpha value is -2.74. The number of likely N-dealkylation sites (tertiary alicyclic amines) is 1. The smallest absolute Gasteiger partial charge is 0.243 e. The van der Waals surface area contributed by atoms with Crippen LogP contribution in [-0.4, -0.2) is 45.1 Å². The number of benzene rings is 1. The van der Waals surface area contributed by atoms with Crippen molar-refractivity contribution in [2.75, 3.05) is 6.54 Å². The van der Waals surface area contributed by atoms with Gasteiger partial charge in [-0.1, -0.05) is 26.8 Å². The molecule has 0 radical (unpaired) electrons. The van der Waals surface area contributed by atoms with E-state index in [1.807, 2.05) is 20.8 Å². The van der Waals surface area contributed by atoms with E-state index in [9.17, 15) is 14.0 Å². The van der Waals surface area contributed by atoms with Crippen molar-refractivity contribution in [3.05, 3.63) is 41.8 Å². The highest BCUT2D eigenvalue weighted by Gasteiger charge is 2.39. The van der Waals surface area contributed by atoms with Crippen LogP contribution in [0.5, 0.6) is 0 Å². The maximum Gasteiger partial charge on any atom is 0.243 e. The molecule has 0 aliphatic carbocycles. The van der Waals surface area contributed by atoms with Gasteiger partial charge in [0.2, 0.25) is 11.8 Å². The van der Waals surface area contributed by atoms with Gasteiger partial charge in [-0.3, -0.25) is 14.3 Å². The van der Waals surface area contributed by atoms with Crippen LogP contribution in [0.15, 0.2) is 30.5 Å². The fourth-order valence-corrected chi connectivity index (χ4v) is 3.67. The number of rotatable bonds is 5. The number of hydrogen-bond donors (Lipinski definition) is 2. The topological polar surface area (TPSA) is 93.2 Å². The second-order valence-corrected chi connectivity index (χ2v) is 8.91. The third kappa shape index (κ3) is 4.53. The van der Waals surface area contributed by atoms with E-state index in [-0.39, 0.29) is 29.6 Å². The molecule has 2 amide bonds. The molecule has 2 atom stereocenters. The third-order valence-electron chi connectivity index (χ3n) is 5.63. The predicted molar refractivity (Wildman–Crippen MR) is 113 cm³/mol. The number of carbonyl (C=O) groups excluding carboxylic acids is 2. The van der Waals surface area contributed by atoms with Crippen molar-refractivity contribution in [2.24, 2.45) is 18.2 Å². The highest BCUT2D eigenvalue weighted by molar-refractivity contribution is 5.90. The summed E-state index contributed by atoms with van der Waals surface area (Å²) in [6, 6.07) is 5.41. The largest absolute Gasteiger partial charge is 0.350 e. The Kier molecular flexibility index (Phi) is 6.26. The summed E-state index contributed by atoms with van der Waals surface area (Å²) in [5, 5.41) is 6.90. The summed E-state index contributed by atoms with van der Waals surface area (Å²) >= 11 is 0.